The molecule has 0 fully saturated rings. The zero-order valence-corrected chi connectivity index (χ0v) is 13.4. The van der Waals surface area contributed by atoms with E-state index in [4.69, 9.17) is 0 Å². The van der Waals surface area contributed by atoms with Crippen LogP contribution >= 0.6 is 11.8 Å². The summed E-state index contributed by atoms with van der Waals surface area (Å²) in [4.78, 5) is 39.3. The van der Waals surface area contributed by atoms with Crippen LogP contribution in [0.3, 0.4) is 0 Å². The normalized spacial score (nSPS) is 11.0. The van der Waals surface area contributed by atoms with Crippen LogP contribution in [0.2, 0.25) is 0 Å². The van der Waals surface area contributed by atoms with Gasteiger partial charge in [-0.2, -0.15) is 4.98 Å². The molecule has 0 saturated carbocycles. The van der Waals surface area contributed by atoms with Crippen LogP contribution in [-0.2, 0) is 14.1 Å². The minimum Gasteiger partial charge on any atom is -0.355 e. The van der Waals surface area contributed by atoms with Crippen molar-refractivity contribution < 1.29 is 0 Å². The van der Waals surface area contributed by atoms with E-state index in [-0.39, 0.29) is 0 Å². The van der Waals surface area contributed by atoms with Crippen LogP contribution in [-0.4, -0.2) is 41.4 Å². The number of aryl methyl sites for hydroxylation is 1. The highest BCUT2D eigenvalue weighted by molar-refractivity contribution is 7.99. The summed E-state index contributed by atoms with van der Waals surface area (Å²) in [5.74, 6) is 1.19. The van der Waals surface area contributed by atoms with Crippen molar-refractivity contribution in [2.24, 2.45) is 14.1 Å². The molecule has 2 N–H and O–H groups in total. The molecule has 23 heavy (non-hydrogen) atoms. The topological polar surface area (TPSA) is 110 Å². The zero-order chi connectivity index (χ0) is 16.4. The number of thioether (sulfide) groups is 1. The third-order valence-electron chi connectivity index (χ3n) is 3.26. The first kappa shape index (κ1) is 15.3. The molecule has 0 aliphatic heterocycles. The summed E-state index contributed by atoms with van der Waals surface area (Å²) in [7, 11) is 3.02. The molecule has 0 aliphatic rings. The van der Waals surface area contributed by atoms with Gasteiger partial charge in [0.05, 0.1) is 0 Å². The maximum absolute atomic E-state index is 12.1. The zero-order valence-electron chi connectivity index (χ0n) is 12.6. The van der Waals surface area contributed by atoms with Gasteiger partial charge in [0, 0.05) is 38.8 Å². The number of nitrogens with one attached hydrogen (secondary N) is 2. The van der Waals surface area contributed by atoms with Gasteiger partial charge in [-0.25, -0.2) is 14.8 Å². The second-order valence-electron chi connectivity index (χ2n) is 4.80. The summed E-state index contributed by atoms with van der Waals surface area (Å²) < 4.78 is 2.39. The van der Waals surface area contributed by atoms with Crippen molar-refractivity contribution in [3.05, 3.63) is 39.3 Å². The van der Waals surface area contributed by atoms with Crippen LogP contribution < -0.4 is 16.6 Å². The monoisotopic (exact) mass is 333 g/mol. The Labute approximate surface area is 134 Å². The van der Waals surface area contributed by atoms with E-state index in [2.05, 4.69) is 25.3 Å². The molecular formula is C13H15N7O2S. The molecule has 0 bridgehead atoms. The molecule has 3 rings (SSSR count). The lowest BCUT2D eigenvalue weighted by atomic mass is 10.5. The molecule has 3 aromatic heterocycles. The fourth-order valence-electron chi connectivity index (χ4n) is 2.08. The second kappa shape index (κ2) is 6.24. The van der Waals surface area contributed by atoms with Gasteiger partial charge in [0.25, 0.3) is 5.56 Å². The number of imidazole rings is 1. The highest BCUT2D eigenvalue weighted by Gasteiger charge is 2.13. The van der Waals surface area contributed by atoms with E-state index >= 15 is 0 Å². The van der Waals surface area contributed by atoms with Gasteiger partial charge in [-0.1, -0.05) is 11.8 Å². The molecule has 10 heteroatoms. The molecular weight excluding hydrogens is 318 g/mol. The number of nitrogens with zero attached hydrogens (tertiary/aromatic N) is 5. The van der Waals surface area contributed by atoms with Gasteiger partial charge in [0.1, 0.15) is 0 Å². The van der Waals surface area contributed by atoms with Crippen LogP contribution in [0.4, 0.5) is 5.95 Å². The van der Waals surface area contributed by atoms with Gasteiger partial charge in [0.15, 0.2) is 16.3 Å². The molecule has 120 valence electrons. The summed E-state index contributed by atoms with van der Waals surface area (Å²) in [6, 6.07) is 1.77. The molecule has 0 amide bonds. The molecule has 0 radical (unpaired) electrons. The smallest absolute Gasteiger partial charge is 0.332 e. The van der Waals surface area contributed by atoms with Crippen LogP contribution in [0.15, 0.2) is 33.2 Å². The van der Waals surface area contributed by atoms with Crippen LogP contribution in [0.5, 0.6) is 0 Å². The average Bonchev–Trinajstić information content (AvgIpc) is 3.00. The minimum absolute atomic E-state index is 0.302. The summed E-state index contributed by atoms with van der Waals surface area (Å²) >= 11 is 1.51. The molecule has 0 aliphatic carbocycles. The highest BCUT2D eigenvalue weighted by atomic mass is 32.2. The molecule has 0 unspecified atom stereocenters. The van der Waals surface area contributed by atoms with Crippen molar-refractivity contribution in [1.82, 2.24) is 29.1 Å². The Morgan fingerprint density at radius 3 is 2.70 bits per heavy atom. The van der Waals surface area contributed by atoms with Gasteiger partial charge >= 0.3 is 5.69 Å². The lowest BCUT2D eigenvalue weighted by molar-refractivity contribution is 0.709. The lowest BCUT2D eigenvalue weighted by Crippen LogP contribution is -2.36. The Bertz CT molecular complexity index is 945. The Balaban J connectivity index is 1.72. The summed E-state index contributed by atoms with van der Waals surface area (Å²) in [5, 5.41) is 3.79. The molecule has 0 aromatic carbocycles. The van der Waals surface area contributed by atoms with Crippen molar-refractivity contribution in [2.45, 2.75) is 5.16 Å². The van der Waals surface area contributed by atoms with Gasteiger partial charge in [0.2, 0.25) is 5.95 Å². The van der Waals surface area contributed by atoms with Gasteiger partial charge in [-0.05, 0) is 6.07 Å². The SMILES string of the molecule is Cn1c(=O)c2[nH]c(NCCSc3ncccn3)nc2n(C)c1=O. The number of anilines is 1. The first-order chi connectivity index (χ1) is 11.1. The largest absolute Gasteiger partial charge is 0.355 e. The highest BCUT2D eigenvalue weighted by Crippen LogP contribution is 2.12. The number of H-pyrrole nitrogens is 1. The first-order valence-corrected chi connectivity index (χ1v) is 7.86. The van der Waals surface area contributed by atoms with E-state index in [1.54, 1.807) is 25.5 Å². The molecule has 9 nitrogen and oxygen atoms in total. The Morgan fingerprint density at radius 1 is 1.22 bits per heavy atom. The summed E-state index contributed by atoms with van der Waals surface area (Å²) in [5.41, 5.74) is -0.163. The minimum atomic E-state index is -0.405. The van der Waals surface area contributed by atoms with E-state index in [1.165, 1.54) is 23.4 Å². The molecule has 0 saturated heterocycles. The van der Waals surface area contributed by atoms with Crippen molar-refractivity contribution in [1.29, 1.82) is 0 Å². The van der Waals surface area contributed by atoms with Crippen LogP contribution in [0.25, 0.3) is 11.2 Å². The van der Waals surface area contributed by atoms with E-state index in [9.17, 15) is 9.59 Å². The van der Waals surface area contributed by atoms with E-state index < -0.39 is 11.2 Å². The maximum Gasteiger partial charge on any atom is 0.332 e. The standard InChI is InChI=1S/C13H15N7O2S/c1-19-9-8(10(21)20(2)13(19)22)17-11(18-9)14-6-7-23-12-15-4-3-5-16-12/h3-5H,6-7H2,1-2H3,(H2,14,17,18). The number of aromatic amines is 1. The lowest BCUT2D eigenvalue weighted by Gasteiger charge is -2.01. The molecule has 3 heterocycles. The molecule has 3 aromatic rings. The third kappa shape index (κ3) is 2.97. The number of fused-ring (bicyclic) bond motifs is 1. The maximum atomic E-state index is 12.1. The fourth-order valence-corrected chi connectivity index (χ4v) is 2.74. The van der Waals surface area contributed by atoms with Crippen LogP contribution in [0.1, 0.15) is 0 Å². The average molecular weight is 333 g/mol. The third-order valence-corrected chi connectivity index (χ3v) is 4.14. The number of rotatable bonds is 5. The molecule has 0 atom stereocenters. The first-order valence-electron chi connectivity index (χ1n) is 6.87. The Morgan fingerprint density at radius 2 is 1.96 bits per heavy atom. The van der Waals surface area contributed by atoms with Gasteiger partial charge < -0.3 is 10.3 Å². The van der Waals surface area contributed by atoms with Crippen LogP contribution in [0, 0.1) is 0 Å². The number of hydrogen-bond donors (Lipinski definition) is 2. The fraction of sp³-hybridized carbons (Fsp3) is 0.308. The predicted molar refractivity (Wildman–Crippen MR) is 87.8 cm³/mol. The van der Waals surface area contributed by atoms with Gasteiger partial charge in [-0.3, -0.25) is 13.9 Å². The van der Waals surface area contributed by atoms with Gasteiger partial charge in [-0.15, -0.1) is 0 Å². The van der Waals surface area contributed by atoms with Crippen molar-refractivity contribution in [3.8, 4) is 0 Å². The second-order valence-corrected chi connectivity index (χ2v) is 5.86. The van der Waals surface area contributed by atoms with E-state index in [0.29, 0.717) is 28.8 Å². The summed E-state index contributed by atoms with van der Waals surface area (Å²) in [6.45, 7) is 0.608. The number of aromatic nitrogens is 6. The summed E-state index contributed by atoms with van der Waals surface area (Å²) in [6.07, 6.45) is 3.39. The number of hydrogen-bond acceptors (Lipinski definition) is 7. The molecule has 0 spiro atoms. The van der Waals surface area contributed by atoms with Crippen molar-refractivity contribution in [2.75, 3.05) is 17.6 Å². The van der Waals surface area contributed by atoms with Crippen molar-refractivity contribution in [3.63, 3.8) is 0 Å². The quantitative estimate of drug-likeness (QED) is 0.383. The van der Waals surface area contributed by atoms with Crippen molar-refractivity contribution >= 4 is 28.9 Å². The Hall–Kier alpha value is -2.62. The predicted octanol–water partition coefficient (Wildman–Crippen LogP) is -0.0455. The Kier molecular flexibility index (Phi) is 4.15. The van der Waals surface area contributed by atoms with E-state index in [1.807, 2.05) is 0 Å². The van der Waals surface area contributed by atoms with E-state index in [0.717, 1.165) is 10.3 Å².